The number of ether oxygens (including phenoxy) is 1. The molecule has 3 aromatic heterocycles. The van der Waals surface area contributed by atoms with Gasteiger partial charge >= 0.3 is 6.18 Å². The predicted octanol–water partition coefficient (Wildman–Crippen LogP) is 4.88. The predicted molar refractivity (Wildman–Crippen MR) is 110 cm³/mol. The molecule has 0 bridgehead atoms. The number of pyridine rings is 1. The molecule has 1 aliphatic rings. The molecule has 170 valence electrons. The Balaban J connectivity index is 1.58. The molecule has 1 aromatic carbocycles. The zero-order valence-electron chi connectivity index (χ0n) is 17.4. The number of hydrogen-bond donors (Lipinski definition) is 1. The van der Waals surface area contributed by atoms with Crippen LogP contribution in [0, 0.1) is 11.7 Å². The van der Waals surface area contributed by atoms with Gasteiger partial charge < -0.3 is 9.30 Å². The van der Waals surface area contributed by atoms with Crippen LogP contribution < -0.4 is 4.74 Å². The van der Waals surface area contributed by atoms with Crippen LogP contribution in [0.1, 0.15) is 18.5 Å². The monoisotopic (exact) mass is 458 g/mol. The number of halogens is 4. The topological polar surface area (TPSA) is 81.5 Å². The summed E-state index contributed by atoms with van der Waals surface area (Å²) in [5, 5.41) is 8.95. The number of imidazole rings is 1. The first-order valence-corrected chi connectivity index (χ1v) is 10.2. The molecule has 0 aliphatic heterocycles. The van der Waals surface area contributed by atoms with Gasteiger partial charge in [-0.05, 0) is 43.0 Å². The molecule has 33 heavy (non-hydrogen) atoms. The lowest BCUT2D eigenvalue weighted by atomic mass is 10.0. The van der Waals surface area contributed by atoms with Crippen LogP contribution in [0.4, 0.5) is 17.6 Å². The van der Waals surface area contributed by atoms with Gasteiger partial charge in [-0.1, -0.05) is 0 Å². The van der Waals surface area contributed by atoms with E-state index in [9.17, 15) is 17.6 Å². The van der Waals surface area contributed by atoms with E-state index in [0.717, 1.165) is 12.8 Å². The highest BCUT2D eigenvalue weighted by molar-refractivity contribution is 5.82. The van der Waals surface area contributed by atoms with Gasteiger partial charge in [0.2, 0.25) is 0 Å². The van der Waals surface area contributed by atoms with Gasteiger partial charge in [0.15, 0.2) is 5.69 Å². The molecule has 0 unspecified atom stereocenters. The van der Waals surface area contributed by atoms with Crippen molar-refractivity contribution in [2.45, 2.75) is 19.0 Å². The third-order valence-electron chi connectivity index (χ3n) is 5.40. The fourth-order valence-electron chi connectivity index (χ4n) is 3.58. The van der Waals surface area contributed by atoms with E-state index in [1.807, 2.05) is 5.21 Å². The summed E-state index contributed by atoms with van der Waals surface area (Å²) < 4.78 is 61.5. The lowest BCUT2D eigenvalue weighted by molar-refractivity contribution is -0.140. The second kappa shape index (κ2) is 7.98. The second-order valence-electron chi connectivity index (χ2n) is 7.90. The van der Waals surface area contributed by atoms with Crippen molar-refractivity contribution in [3.63, 3.8) is 0 Å². The zero-order valence-corrected chi connectivity index (χ0v) is 17.4. The molecule has 0 amide bonds. The van der Waals surface area contributed by atoms with Crippen LogP contribution in [-0.2, 0) is 13.2 Å². The highest BCUT2D eigenvalue weighted by atomic mass is 19.4. The summed E-state index contributed by atoms with van der Waals surface area (Å²) in [5.41, 5.74) is 0.686. The van der Waals surface area contributed by atoms with Crippen molar-refractivity contribution in [2.75, 3.05) is 6.61 Å². The Kier molecular flexibility index (Phi) is 5.10. The minimum absolute atomic E-state index is 0.182. The molecule has 0 radical (unpaired) electrons. The molecular weight excluding hydrogens is 440 g/mol. The van der Waals surface area contributed by atoms with E-state index >= 15 is 0 Å². The summed E-state index contributed by atoms with van der Waals surface area (Å²) in [6.07, 6.45) is 0.446. The number of hydrogen-bond acceptors (Lipinski definition) is 5. The van der Waals surface area contributed by atoms with Crippen LogP contribution in [0.2, 0.25) is 0 Å². The van der Waals surface area contributed by atoms with Crippen LogP contribution in [0.5, 0.6) is 5.75 Å². The van der Waals surface area contributed by atoms with E-state index in [1.165, 1.54) is 30.5 Å². The maximum Gasteiger partial charge on any atom is 0.437 e. The van der Waals surface area contributed by atoms with Gasteiger partial charge in [0.1, 0.15) is 23.0 Å². The molecule has 0 spiro atoms. The fraction of sp³-hybridized carbons (Fsp3) is 0.273. The molecule has 0 atom stereocenters. The number of H-pyrrole nitrogens is 1. The molecule has 5 rings (SSSR count). The van der Waals surface area contributed by atoms with Gasteiger partial charge in [-0.15, -0.1) is 0 Å². The van der Waals surface area contributed by atoms with Crippen LogP contribution in [0.25, 0.3) is 33.9 Å². The van der Waals surface area contributed by atoms with Crippen molar-refractivity contribution < 1.29 is 22.3 Å². The molecule has 1 aliphatic carbocycles. The molecule has 0 saturated heterocycles. The van der Waals surface area contributed by atoms with Gasteiger partial charge in [0.05, 0.1) is 24.3 Å². The average Bonchev–Trinajstić information content (AvgIpc) is 3.31. The summed E-state index contributed by atoms with van der Waals surface area (Å²) in [7, 11) is 1.77. The molecule has 1 fully saturated rings. The highest BCUT2D eigenvalue weighted by Gasteiger charge is 2.38. The van der Waals surface area contributed by atoms with Crippen molar-refractivity contribution in [3.8, 4) is 39.7 Å². The van der Waals surface area contributed by atoms with Crippen LogP contribution in [0.3, 0.4) is 0 Å². The Bertz CT molecular complexity index is 1310. The lowest BCUT2D eigenvalue weighted by Gasteiger charge is -2.14. The van der Waals surface area contributed by atoms with E-state index in [0.29, 0.717) is 40.9 Å². The molecule has 7 nitrogen and oxygen atoms in total. The molecule has 4 aromatic rings. The number of aromatic nitrogens is 6. The first-order valence-electron chi connectivity index (χ1n) is 10.2. The normalized spacial score (nSPS) is 14.0. The number of nitrogens with zero attached hydrogens (tertiary/aromatic N) is 5. The molecule has 1 saturated carbocycles. The number of benzene rings is 1. The fourth-order valence-corrected chi connectivity index (χ4v) is 3.58. The number of rotatable bonds is 6. The van der Waals surface area contributed by atoms with Gasteiger partial charge in [-0.25, -0.2) is 9.37 Å². The van der Waals surface area contributed by atoms with Gasteiger partial charge in [-0.2, -0.15) is 28.6 Å². The molecular formula is C22H18F4N6O. The molecule has 1 N–H and O–H groups in total. The van der Waals surface area contributed by atoms with Gasteiger partial charge in [-0.3, -0.25) is 4.98 Å². The minimum Gasteiger partial charge on any atom is -0.492 e. The summed E-state index contributed by atoms with van der Waals surface area (Å²) >= 11 is 0. The summed E-state index contributed by atoms with van der Waals surface area (Å²) in [6.45, 7) is 0.490. The van der Waals surface area contributed by atoms with Crippen molar-refractivity contribution in [2.24, 2.45) is 13.0 Å². The molecule has 3 heterocycles. The van der Waals surface area contributed by atoms with E-state index in [1.54, 1.807) is 24.0 Å². The van der Waals surface area contributed by atoms with E-state index in [2.05, 4.69) is 20.2 Å². The van der Waals surface area contributed by atoms with Crippen molar-refractivity contribution >= 4 is 0 Å². The van der Waals surface area contributed by atoms with E-state index < -0.39 is 17.7 Å². The summed E-state index contributed by atoms with van der Waals surface area (Å²) in [5.74, 6) is 0.411. The maximum absolute atomic E-state index is 14.0. The standard InChI is InChI=1S/C22H18F4N6O/c1-32-11-28-19(20(32)15-5-4-14(23)9-17(15)33-10-12-2-3-12)16-8-13(6-7-27-16)18-21(22(24,25)26)30-31-29-18/h4-9,11-12H,2-3,10H2,1H3,(H,29,30,31). The first kappa shape index (κ1) is 21.1. The quantitative estimate of drug-likeness (QED) is 0.417. The van der Waals surface area contributed by atoms with Crippen molar-refractivity contribution in [3.05, 3.63) is 54.4 Å². The third-order valence-corrected chi connectivity index (χ3v) is 5.40. The number of alkyl halides is 3. The van der Waals surface area contributed by atoms with Gasteiger partial charge in [0, 0.05) is 30.4 Å². The Morgan fingerprint density at radius 1 is 1.09 bits per heavy atom. The van der Waals surface area contributed by atoms with E-state index in [-0.39, 0.29) is 11.3 Å². The Labute approximate surface area is 185 Å². The summed E-state index contributed by atoms with van der Waals surface area (Å²) in [6, 6.07) is 7.13. The average molecular weight is 458 g/mol. The van der Waals surface area contributed by atoms with Gasteiger partial charge in [0.25, 0.3) is 0 Å². The third kappa shape index (κ3) is 4.18. The SMILES string of the molecule is Cn1cnc(-c2cc(-c3n[nH]nc3C(F)(F)F)ccn2)c1-c1ccc(F)cc1OCC1CC1. The Hall–Kier alpha value is -3.76. The van der Waals surface area contributed by atoms with Crippen LogP contribution in [-0.4, -0.2) is 36.6 Å². The second-order valence-corrected chi connectivity index (χ2v) is 7.90. The van der Waals surface area contributed by atoms with Crippen LogP contribution >= 0.6 is 0 Å². The number of nitrogens with one attached hydrogen (secondary N) is 1. The van der Waals surface area contributed by atoms with Crippen LogP contribution in [0.15, 0.2) is 42.9 Å². The minimum atomic E-state index is -4.66. The van der Waals surface area contributed by atoms with Crippen molar-refractivity contribution in [1.82, 2.24) is 29.9 Å². The zero-order chi connectivity index (χ0) is 23.2. The number of aryl methyl sites for hydroxylation is 1. The van der Waals surface area contributed by atoms with E-state index in [4.69, 9.17) is 4.74 Å². The number of aromatic amines is 1. The first-order chi connectivity index (χ1) is 15.8. The Morgan fingerprint density at radius 2 is 1.91 bits per heavy atom. The Morgan fingerprint density at radius 3 is 2.67 bits per heavy atom. The largest absolute Gasteiger partial charge is 0.492 e. The van der Waals surface area contributed by atoms with Crippen molar-refractivity contribution in [1.29, 1.82) is 0 Å². The maximum atomic E-state index is 14.0. The summed E-state index contributed by atoms with van der Waals surface area (Å²) in [4.78, 5) is 8.72. The highest BCUT2D eigenvalue weighted by Crippen LogP contribution is 2.39. The molecule has 11 heteroatoms. The lowest BCUT2D eigenvalue weighted by Crippen LogP contribution is -2.07. The smallest absolute Gasteiger partial charge is 0.437 e.